The van der Waals surface area contributed by atoms with Crippen LogP contribution in [0.3, 0.4) is 0 Å². The Morgan fingerprint density at radius 1 is 0.846 bits per heavy atom. The second kappa shape index (κ2) is 15.2. The highest BCUT2D eigenvalue weighted by molar-refractivity contribution is 5.91. The second-order valence-corrected chi connectivity index (χ2v) is 14.8. The number of carboxylic acid groups (broad SMARTS) is 1. The molecule has 0 aliphatic carbocycles. The zero-order valence-corrected chi connectivity index (χ0v) is 29.1. The Morgan fingerprint density at radius 2 is 1.44 bits per heavy atom. The number of benzene rings is 2. The Kier molecular flexibility index (Phi) is 11.0. The summed E-state index contributed by atoms with van der Waals surface area (Å²) >= 11 is 0. The molecule has 0 radical (unpaired) electrons. The van der Waals surface area contributed by atoms with Gasteiger partial charge in [0.1, 0.15) is 0 Å². The van der Waals surface area contributed by atoms with Gasteiger partial charge < -0.3 is 30.0 Å². The zero-order chi connectivity index (χ0) is 37.4. The first kappa shape index (κ1) is 37.7. The molecule has 4 heterocycles. The lowest BCUT2D eigenvalue weighted by atomic mass is 9.78. The van der Waals surface area contributed by atoms with Crippen LogP contribution in [0, 0.1) is 17.8 Å². The number of fused-ring (bicyclic) bond motifs is 1. The van der Waals surface area contributed by atoms with Gasteiger partial charge in [0.05, 0.1) is 17.0 Å². The van der Waals surface area contributed by atoms with E-state index in [2.05, 4.69) is 17.3 Å². The highest BCUT2D eigenvalue weighted by Crippen LogP contribution is 2.39. The van der Waals surface area contributed by atoms with E-state index >= 15 is 0 Å². The molecule has 2 aromatic carbocycles. The van der Waals surface area contributed by atoms with E-state index in [0.717, 1.165) is 36.4 Å². The standard InChI is InChI=1S/C37H45F6N5O4/c1-45-12-6-24(7-13-45)25-8-14-46(15-9-25)33(49)30(20-23-18-27(36(38,39)40)21-28(19-23)37(41,42)43)32-22-29(11-17-48(32)35(51)52)47-16-10-26-4-2-3-5-31(26)44-34(47)50/h2-5,18-19,21,24-25,29-30,32H,6-17,20,22H2,1H3,(H,44,50)(H,51,52)/t29?,30?,32-/m1/s1. The summed E-state index contributed by atoms with van der Waals surface area (Å²) in [6.45, 7) is 2.92. The summed E-state index contributed by atoms with van der Waals surface area (Å²) in [7, 11) is 2.08. The molecule has 2 unspecified atom stereocenters. The molecule has 0 spiro atoms. The summed E-state index contributed by atoms with van der Waals surface area (Å²) < 4.78 is 83.4. The smallest absolute Gasteiger partial charge is 0.416 e. The number of anilines is 1. The van der Waals surface area contributed by atoms with Crippen LogP contribution in [-0.4, -0.2) is 101 Å². The minimum atomic E-state index is -5.09. The van der Waals surface area contributed by atoms with Gasteiger partial charge in [-0.1, -0.05) is 18.2 Å². The van der Waals surface area contributed by atoms with Gasteiger partial charge in [-0.3, -0.25) is 4.79 Å². The van der Waals surface area contributed by atoms with Crippen molar-refractivity contribution in [3.05, 3.63) is 64.7 Å². The number of urea groups is 1. The number of halogens is 6. The van der Waals surface area contributed by atoms with E-state index in [1.807, 2.05) is 12.1 Å². The number of nitrogens with one attached hydrogen (secondary N) is 1. The number of carbonyl (C=O) groups is 3. The van der Waals surface area contributed by atoms with Gasteiger partial charge in [-0.05, 0) is 119 Å². The summed E-state index contributed by atoms with van der Waals surface area (Å²) in [5.74, 6) is -0.912. The van der Waals surface area contributed by atoms with Crippen LogP contribution in [-0.2, 0) is 30.0 Å². The van der Waals surface area contributed by atoms with Gasteiger partial charge >= 0.3 is 24.5 Å². The van der Waals surface area contributed by atoms with Gasteiger partial charge in [-0.2, -0.15) is 26.3 Å². The molecule has 3 fully saturated rings. The largest absolute Gasteiger partial charge is 0.465 e. The van der Waals surface area contributed by atoms with Crippen molar-refractivity contribution >= 4 is 23.7 Å². The van der Waals surface area contributed by atoms with Crippen molar-refractivity contribution in [2.45, 2.75) is 75.8 Å². The molecule has 284 valence electrons. The van der Waals surface area contributed by atoms with Crippen molar-refractivity contribution in [3.8, 4) is 0 Å². The molecule has 4 aliphatic heterocycles. The minimum Gasteiger partial charge on any atom is -0.465 e. The number of carbonyl (C=O) groups excluding carboxylic acids is 2. The van der Waals surface area contributed by atoms with Crippen molar-refractivity contribution in [1.29, 1.82) is 0 Å². The lowest BCUT2D eigenvalue weighted by Crippen LogP contribution is -2.59. The molecule has 3 atom stereocenters. The van der Waals surface area contributed by atoms with Gasteiger partial charge in [0.25, 0.3) is 0 Å². The average Bonchev–Trinajstić information content (AvgIpc) is 3.27. The van der Waals surface area contributed by atoms with Crippen molar-refractivity contribution < 1.29 is 45.8 Å². The van der Waals surface area contributed by atoms with Crippen LogP contribution in [0.5, 0.6) is 0 Å². The van der Waals surface area contributed by atoms with Crippen molar-refractivity contribution in [1.82, 2.24) is 19.6 Å². The maximum atomic E-state index is 14.6. The van der Waals surface area contributed by atoms with Crippen LogP contribution in [0.2, 0.25) is 0 Å². The quantitative estimate of drug-likeness (QED) is 0.310. The van der Waals surface area contributed by atoms with Gasteiger partial charge in [-0.15, -0.1) is 0 Å². The predicted octanol–water partition coefficient (Wildman–Crippen LogP) is 7.06. The first-order valence-corrected chi connectivity index (χ1v) is 18.0. The topological polar surface area (TPSA) is 96.4 Å². The van der Waals surface area contributed by atoms with Gasteiger partial charge in [-0.25, -0.2) is 9.59 Å². The molecule has 0 saturated carbocycles. The van der Waals surface area contributed by atoms with E-state index in [0.29, 0.717) is 68.6 Å². The second-order valence-electron chi connectivity index (χ2n) is 14.8. The monoisotopic (exact) mass is 737 g/mol. The van der Waals surface area contributed by atoms with Crippen LogP contribution in [0.25, 0.3) is 0 Å². The fraction of sp³-hybridized carbons (Fsp3) is 0.595. The van der Waals surface area contributed by atoms with E-state index in [-0.39, 0.29) is 31.0 Å². The third-order valence-corrected chi connectivity index (χ3v) is 11.6. The molecule has 4 aliphatic rings. The summed E-state index contributed by atoms with van der Waals surface area (Å²) in [6.07, 6.45) is -7.83. The van der Waals surface area contributed by atoms with E-state index in [4.69, 9.17) is 0 Å². The van der Waals surface area contributed by atoms with E-state index in [1.54, 1.807) is 21.9 Å². The number of nitrogens with zero attached hydrogens (tertiary/aromatic N) is 4. The molecule has 4 amide bonds. The average molecular weight is 738 g/mol. The molecule has 3 saturated heterocycles. The van der Waals surface area contributed by atoms with E-state index in [9.17, 15) is 45.8 Å². The van der Waals surface area contributed by atoms with Crippen LogP contribution in [0.1, 0.15) is 60.8 Å². The van der Waals surface area contributed by atoms with Gasteiger partial charge in [0.2, 0.25) is 5.91 Å². The maximum Gasteiger partial charge on any atom is 0.416 e. The molecule has 52 heavy (non-hydrogen) atoms. The van der Waals surface area contributed by atoms with E-state index < -0.39 is 65.9 Å². The van der Waals surface area contributed by atoms with Crippen molar-refractivity contribution in [2.24, 2.45) is 17.8 Å². The molecule has 6 rings (SSSR count). The molecule has 2 aromatic rings. The number of rotatable bonds is 6. The lowest BCUT2D eigenvalue weighted by molar-refractivity contribution is -0.143. The molecule has 0 bridgehead atoms. The number of para-hydroxylation sites is 1. The normalized spacial score (nSPS) is 23.5. The molecular weight excluding hydrogens is 692 g/mol. The third-order valence-electron chi connectivity index (χ3n) is 11.6. The third kappa shape index (κ3) is 8.44. The highest BCUT2D eigenvalue weighted by atomic mass is 19.4. The minimum absolute atomic E-state index is 0.0103. The Hall–Kier alpha value is -4.01. The van der Waals surface area contributed by atoms with Gasteiger partial charge in [0.15, 0.2) is 0 Å². The first-order chi connectivity index (χ1) is 24.6. The van der Waals surface area contributed by atoms with E-state index in [1.165, 1.54) is 0 Å². The Labute approximate surface area is 298 Å². The van der Waals surface area contributed by atoms with Crippen LogP contribution < -0.4 is 5.32 Å². The van der Waals surface area contributed by atoms with Crippen LogP contribution >= 0.6 is 0 Å². The first-order valence-electron chi connectivity index (χ1n) is 18.0. The molecule has 2 N–H and O–H groups in total. The number of likely N-dealkylation sites (tertiary alicyclic amines) is 3. The molecular formula is C37H45F6N5O4. The highest BCUT2D eigenvalue weighted by Gasteiger charge is 2.45. The summed E-state index contributed by atoms with van der Waals surface area (Å²) in [4.78, 5) is 47.3. The number of piperidine rings is 3. The number of hydrogen-bond acceptors (Lipinski definition) is 4. The van der Waals surface area contributed by atoms with Crippen molar-refractivity contribution in [2.75, 3.05) is 51.6 Å². The number of amides is 4. The number of hydrogen-bond donors (Lipinski definition) is 2. The maximum absolute atomic E-state index is 14.6. The molecule has 9 nitrogen and oxygen atoms in total. The van der Waals surface area contributed by atoms with Crippen LogP contribution in [0.15, 0.2) is 42.5 Å². The van der Waals surface area contributed by atoms with Gasteiger partial charge in [0, 0.05) is 44.0 Å². The zero-order valence-electron chi connectivity index (χ0n) is 29.1. The lowest BCUT2D eigenvalue weighted by Gasteiger charge is -2.46. The summed E-state index contributed by atoms with van der Waals surface area (Å²) in [6, 6.07) is 6.55. The molecule has 15 heteroatoms. The summed E-state index contributed by atoms with van der Waals surface area (Å²) in [5.41, 5.74) is -1.80. The fourth-order valence-corrected chi connectivity index (χ4v) is 8.72. The SMILES string of the molecule is CN1CCC(C2CCN(C(=O)C(Cc3cc(C(F)(F)F)cc(C(F)(F)F)c3)[C@H]3CC(N4CCc5ccccc5NC4=O)CCN3C(=O)O)CC2)CC1. The Morgan fingerprint density at radius 3 is 2.04 bits per heavy atom. The fourth-order valence-electron chi connectivity index (χ4n) is 8.72. The number of alkyl halides is 6. The Balaban J connectivity index is 1.31. The van der Waals surface area contributed by atoms with Crippen LogP contribution in [0.4, 0.5) is 41.6 Å². The predicted molar refractivity (Wildman–Crippen MR) is 181 cm³/mol. The Bertz CT molecular complexity index is 1590. The van der Waals surface area contributed by atoms with Crippen molar-refractivity contribution in [3.63, 3.8) is 0 Å². The molecule has 0 aromatic heterocycles. The summed E-state index contributed by atoms with van der Waals surface area (Å²) in [5, 5.41) is 13.2.